The van der Waals surface area contributed by atoms with Crippen LogP contribution < -0.4 is 15.9 Å². The number of benzene rings is 6. The third kappa shape index (κ3) is 3.45. The van der Waals surface area contributed by atoms with E-state index in [1.54, 1.807) is 0 Å². The van der Waals surface area contributed by atoms with Crippen LogP contribution in [0.3, 0.4) is 0 Å². The lowest BCUT2D eigenvalue weighted by Crippen LogP contribution is -2.25. The predicted octanol–water partition coefficient (Wildman–Crippen LogP) is 8.44. The lowest BCUT2D eigenvalue weighted by atomic mass is 9.81. The maximum absolute atomic E-state index is 15.4. The molecule has 0 aliphatic heterocycles. The van der Waals surface area contributed by atoms with Crippen LogP contribution in [-0.2, 0) is 17.4 Å². The molecule has 6 aromatic carbocycles. The average Bonchev–Trinajstić information content (AvgIpc) is 3.03. The van der Waals surface area contributed by atoms with Crippen LogP contribution in [0.15, 0.2) is 127 Å². The van der Waals surface area contributed by atoms with Crippen molar-refractivity contribution in [1.82, 2.24) is 0 Å². The van der Waals surface area contributed by atoms with Gasteiger partial charge in [-0.25, -0.2) is 0 Å². The van der Waals surface area contributed by atoms with Gasteiger partial charge in [-0.1, -0.05) is 133 Å². The Bertz CT molecular complexity index is 2060. The number of hydrogen-bond donors (Lipinski definition) is 0. The van der Waals surface area contributed by atoms with Crippen LogP contribution in [0, 0.1) is 0 Å². The normalized spacial score (nSPS) is 14.9. The Hall–Kier alpha value is -4.45. The summed E-state index contributed by atoms with van der Waals surface area (Å²) in [7, 11) is -3.12. The lowest BCUT2D eigenvalue weighted by Gasteiger charge is -2.24. The van der Waals surface area contributed by atoms with Gasteiger partial charge in [0.1, 0.15) is 0 Å². The van der Waals surface area contributed by atoms with E-state index >= 15 is 4.57 Å². The number of rotatable bonds is 4. The molecular formula is C38H27OP. The van der Waals surface area contributed by atoms with Gasteiger partial charge in [-0.05, 0) is 73.8 Å². The molecule has 1 unspecified atom stereocenters. The Morgan fingerprint density at radius 1 is 0.575 bits per heavy atom. The minimum Gasteiger partial charge on any atom is -0.309 e. The molecule has 2 aliphatic rings. The maximum Gasteiger partial charge on any atom is 0.171 e. The summed E-state index contributed by atoms with van der Waals surface area (Å²) in [6, 6.07) is 39.8. The highest BCUT2D eigenvalue weighted by molar-refractivity contribution is 7.85. The molecular weight excluding hydrogens is 503 g/mol. The summed E-state index contributed by atoms with van der Waals surface area (Å²) in [5, 5.41) is 7.56. The van der Waals surface area contributed by atoms with Crippen LogP contribution in [0.4, 0.5) is 0 Å². The minimum atomic E-state index is -3.12. The fourth-order valence-electron chi connectivity index (χ4n) is 6.69. The van der Waals surface area contributed by atoms with Crippen molar-refractivity contribution >= 4 is 56.8 Å². The highest BCUT2D eigenvalue weighted by Gasteiger charge is 2.31. The summed E-state index contributed by atoms with van der Waals surface area (Å²) < 4.78 is 15.4. The van der Waals surface area contributed by atoms with E-state index in [0.717, 1.165) is 39.5 Å². The lowest BCUT2D eigenvalue weighted by molar-refractivity contribution is 0.592. The first kappa shape index (κ1) is 23.4. The smallest absolute Gasteiger partial charge is 0.171 e. The fraction of sp³-hybridized carbons (Fsp3) is 0.0526. The molecule has 2 heteroatoms. The summed E-state index contributed by atoms with van der Waals surface area (Å²) in [6.45, 7) is 0. The second kappa shape index (κ2) is 9.05. The summed E-state index contributed by atoms with van der Waals surface area (Å²) >= 11 is 0. The molecule has 40 heavy (non-hydrogen) atoms. The van der Waals surface area contributed by atoms with Crippen LogP contribution in [0.25, 0.3) is 44.8 Å². The molecule has 0 spiro atoms. The molecule has 8 rings (SSSR count). The van der Waals surface area contributed by atoms with Crippen LogP contribution in [0.2, 0.25) is 0 Å². The van der Waals surface area contributed by atoms with E-state index in [9.17, 15) is 0 Å². The quantitative estimate of drug-likeness (QED) is 0.209. The Morgan fingerprint density at radius 3 is 2.17 bits per heavy atom. The van der Waals surface area contributed by atoms with Gasteiger partial charge < -0.3 is 4.57 Å². The van der Waals surface area contributed by atoms with E-state index in [-0.39, 0.29) is 0 Å². The van der Waals surface area contributed by atoms with Crippen LogP contribution in [0.5, 0.6) is 0 Å². The Morgan fingerprint density at radius 2 is 1.30 bits per heavy atom. The van der Waals surface area contributed by atoms with Crippen molar-refractivity contribution in [2.75, 3.05) is 0 Å². The van der Waals surface area contributed by atoms with Gasteiger partial charge in [0.15, 0.2) is 7.14 Å². The van der Waals surface area contributed by atoms with Crippen molar-refractivity contribution in [3.63, 3.8) is 0 Å². The summed E-state index contributed by atoms with van der Waals surface area (Å²) in [4.78, 5) is 0. The molecule has 0 saturated heterocycles. The monoisotopic (exact) mass is 530 g/mol. The van der Waals surface area contributed by atoms with Crippen LogP contribution in [0.1, 0.15) is 22.3 Å². The zero-order chi connectivity index (χ0) is 26.7. The van der Waals surface area contributed by atoms with Gasteiger partial charge in [-0.15, -0.1) is 0 Å². The maximum atomic E-state index is 15.4. The van der Waals surface area contributed by atoms with Crippen LogP contribution >= 0.6 is 7.14 Å². The Labute approximate surface area is 234 Å². The van der Waals surface area contributed by atoms with Gasteiger partial charge in [0.2, 0.25) is 0 Å². The van der Waals surface area contributed by atoms with Gasteiger partial charge >= 0.3 is 0 Å². The fourth-order valence-corrected chi connectivity index (χ4v) is 9.55. The largest absolute Gasteiger partial charge is 0.309 e. The zero-order valence-corrected chi connectivity index (χ0v) is 22.9. The van der Waals surface area contributed by atoms with E-state index < -0.39 is 7.14 Å². The predicted molar refractivity (Wildman–Crippen MR) is 172 cm³/mol. The molecule has 0 N–H and O–H groups in total. The van der Waals surface area contributed by atoms with E-state index in [1.165, 1.54) is 44.2 Å². The third-order valence-electron chi connectivity index (χ3n) is 8.56. The summed E-state index contributed by atoms with van der Waals surface area (Å²) in [5.41, 5.74) is 7.83. The van der Waals surface area contributed by atoms with Gasteiger partial charge in [0.25, 0.3) is 0 Å². The van der Waals surface area contributed by atoms with Crippen molar-refractivity contribution in [3.05, 3.63) is 150 Å². The molecule has 190 valence electrons. The molecule has 0 aromatic heterocycles. The van der Waals surface area contributed by atoms with Crippen molar-refractivity contribution in [2.24, 2.45) is 0 Å². The third-order valence-corrected chi connectivity index (χ3v) is 11.7. The highest BCUT2D eigenvalue weighted by atomic mass is 31.2. The van der Waals surface area contributed by atoms with Crippen molar-refractivity contribution in [2.45, 2.75) is 12.8 Å². The van der Waals surface area contributed by atoms with E-state index in [0.29, 0.717) is 0 Å². The van der Waals surface area contributed by atoms with Gasteiger partial charge in [-0.3, -0.25) is 0 Å². The molecule has 0 bridgehead atoms. The van der Waals surface area contributed by atoms with Gasteiger partial charge in [0, 0.05) is 15.9 Å². The molecule has 1 atom stereocenters. The molecule has 0 heterocycles. The van der Waals surface area contributed by atoms with Gasteiger partial charge in [0.05, 0.1) is 0 Å². The second-order valence-corrected chi connectivity index (χ2v) is 13.5. The first-order valence-corrected chi connectivity index (χ1v) is 15.6. The van der Waals surface area contributed by atoms with Crippen molar-refractivity contribution in [3.8, 4) is 11.1 Å². The summed E-state index contributed by atoms with van der Waals surface area (Å²) in [6.07, 6.45) is 11.0. The Kier molecular flexibility index (Phi) is 5.30. The zero-order valence-electron chi connectivity index (χ0n) is 22.0. The topological polar surface area (TPSA) is 17.1 Å². The summed E-state index contributed by atoms with van der Waals surface area (Å²) in [5.74, 6) is 0. The van der Waals surface area contributed by atoms with Crippen molar-refractivity contribution < 1.29 is 4.57 Å². The average molecular weight is 531 g/mol. The molecule has 0 radical (unpaired) electrons. The molecule has 6 aromatic rings. The van der Waals surface area contributed by atoms with E-state index in [1.807, 2.05) is 54.6 Å². The molecule has 2 aliphatic carbocycles. The van der Waals surface area contributed by atoms with E-state index in [2.05, 4.69) is 85.0 Å². The van der Waals surface area contributed by atoms with Crippen LogP contribution in [-0.4, -0.2) is 0 Å². The molecule has 0 amide bonds. The first-order valence-electron chi connectivity index (χ1n) is 13.9. The Balaban J connectivity index is 1.33. The number of fused-ring (bicyclic) bond motifs is 1. The second-order valence-electron chi connectivity index (χ2n) is 10.8. The molecule has 0 saturated carbocycles. The molecule has 0 fully saturated rings. The minimum absolute atomic E-state index is 0.858. The van der Waals surface area contributed by atoms with E-state index in [4.69, 9.17) is 0 Å². The number of hydrogen-bond acceptors (Lipinski definition) is 1. The van der Waals surface area contributed by atoms with Crippen molar-refractivity contribution in [1.29, 1.82) is 0 Å². The van der Waals surface area contributed by atoms with Gasteiger partial charge in [-0.2, -0.15) is 0 Å². The highest BCUT2D eigenvalue weighted by Crippen LogP contribution is 2.46. The standard InChI is InChI=1S/C38H27OP/c39-40(31-14-2-1-3-15-31,36-18-8-10-26-9-4-5-16-33(26)36)32-23-21-27(22-24-32)35-25-30-13-6-11-28-19-20-29-12-7-17-34(35)38(29)37(28)30/h1-10,12-16,18-25H,11,17H2. The molecule has 1 nitrogen and oxygen atoms in total. The number of allylic oxidation sites excluding steroid dienone is 2. The first-order chi connectivity index (χ1) is 19.7. The SMILES string of the molecule is O=P(c1ccccc1)(c1ccc(-c2cc3c4c(ccc5c4c2CC=C5)CC=C3)cc1)c1cccc2ccccc12.